The molecule has 2 aromatic carbocycles. The van der Waals surface area contributed by atoms with Crippen LogP contribution < -0.4 is 10.5 Å². The molecule has 0 unspecified atom stereocenters. The maximum atomic E-state index is 13.7. The second kappa shape index (κ2) is 7.09. The normalized spacial score (nSPS) is 9.38. The Morgan fingerprint density at radius 1 is 1.14 bits per heavy atom. The van der Waals surface area contributed by atoms with Crippen molar-refractivity contribution in [1.29, 1.82) is 5.26 Å². The monoisotopic (exact) mass is 280 g/mol. The Morgan fingerprint density at radius 2 is 2.00 bits per heavy atom. The highest BCUT2D eigenvalue weighted by atomic mass is 19.1. The molecule has 0 spiro atoms. The summed E-state index contributed by atoms with van der Waals surface area (Å²) in [7, 11) is 0. The van der Waals surface area contributed by atoms with E-state index in [2.05, 4.69) is 11.8 Å². The molecule has 0 aromatic heterocycles. The topological polar surface area (TPSA) is 59.0 Å². The molecule has 0 amide bonds. The van der Waals surface area contributed by atoms with Gasteiger partial charge in [-0.1, -0.05) is 24.0 Å². The minimum atomic E-state index is -0.454. The first-order valence-electron chi connectivity index (χ1n) is 6.33. The number of nitrogens with zero attached hydrogens (tertiary/aromatic N) is 1. The fraction of sp³-hybridized carbons (Fsp3) is 0.118. The Morgan fingerprint density at radius 3 is 2.76 bits per heavy atom. The number of benzene rings is 2. The molecule has 0 atom stereocenters. The number of nitrogens with two attached hydrogens (primary N) is 1. The van der Waals surface area contributed by atoms with Crippen molar-refractivity contribution < 1.29 is 9.13 Å². The van der Waals surface area contributed by atoms with E-state index < -0.39 is 5.82 Å². The van der Waals surface area contributed by atoms with Gasteiger partial charge in [-0.25, -0.2) is 4.39 Å². The fourth-order valence-electron chi connectivity index (χ4n) is 1.74. The largest absolute Gasteiger partial charge is 0.486 e. The average Bonchev–Trinajstić information content (AvgIpc) is 2.53. The molecular weight excluding hydrogens is 267 g/mol. The van der Waals surface area contributed by atoms with Crippen molar-refractivity contribution in [2.45, 2.75) is 6.61 Å². The summed E-state index contributed by atoms with van der Waals surface area (Å²) < 4.78 is 19.1. The van der Waals surface area contributed by atoms with Gasteiger partial charge >= 0.3 is 0 Å². The molecule has 0 bridgehead atoms. The lowest BCUT2D eigenvalue weighted by Crippen LogP contribution is -1.98. The summed E-state index contributed by atoms with van der Waals surface area (Å²) in [6, 6.07) is 13.4. The lowest BCUT2D eigenvalue weighted by atomic mass is 10.1. The summed E-state index contributed by atoms with van der Waals surface area (Å²) in [6.07, 6.45) is 0. The van der Waals surface area contributed by atoms with Crippen LogP contribution in [0.2, 0.25) is 0 Å². The third kappa shape index (κ3) is 4.07. The summed E-state index contributed by atoms with van der Waals surface area (Å²) >= 11 is 0. The molecule has 0 fully saturated rings. The molecule has 3 nitrogen and oxygen atoms in total. The zero-order chi connectivity index (χ0) is 15.1. The summed E-state index contributed by atoms with van der Waals surface area (Å²) in [5.41, 5.74) is 7.28. The summed E-state index contributed by atoms with van der Waals surface area (Å²) in [4.78, 5) is 0. The number of halogens is 1. The molecule has 21 heavy (non-hydrogen) atoms. The quantitative estimate of drug-likeness (QED) is 0.879. The molecule has 0 heterocycles. The second-order valence-corrected chi connectivity index (χ2v) is 4.25. The zero-order valence-corrected chi connectivity index (χ0v) is 11.3. The van der Waals surface area contributed by atoms with Crippen LogP contribution >= 0.6 is 0 Å². The first-order valence-corrected chi connectivity index (χ1v) is 6.33. The maximum Gasteiger partial charge on any atom is 0.165 e. The molecule has 0 aliphatic rings. The first kappa shape index (κ1) is 14.6. The standard InChI is InChI=1S/C17H13FN2O/c18-16-7-6-13(5-2-8-19)10-17(16)21-12-15-4-1-3-14(9-15)11-20/h1,3-4,6-7,9-10H,8,12,19H2. The van der Waals surface area contributed by atoms with Gasteiger partial charge in [0.1, 0.15) is 6.61 Å². The molecule has 2 N–H and O–H groups in total. The van der Waals surface area contributed by atoms with Crippen LogP contribution in [-0.2, 0) is 6.61 Å². The summed E-state index contributed by atoms with van der Waals surface area (Å²) in [6.45, 7) is 0.425. The Bertz CT molecular complexity index is 738. The Hall–Kier alpha value is -2.82. The van der Waals surface area contributed by atoms with Crippen molar-refractivity contribution in [2.75, 3.05) is 6.54 Å². The highest BCUT2D eigenvalue weighted by molar-refractivity contribution is 5.41. The number of nitriles is 1. The number of hydrogen-bond acceptors (Lipinski definition) is 3. The maximum absolute atomic E-state index is 13.7. The van der Waals surface area contributed by atoms with E-state index in [0.29, 0.717) is 11.1 Å². The molecular formula is C17H13FN2O. The molecule has 0 aliphatic carbocycles. The summed E-state index contributed by atoms with van der Waals surface area (Å²) in [5.74, 6) is 5.20. The van der Waals surface area contributed by atoms with Crippen molar-refractivity contribution in [1.82, 2.24) is 0 Å². The van der Waals surface area contributed by atoms with E-state index in [4.69, 9.17) is 15.7 Å². The predicted octanol–water partition coefficient (Wildman–Crippen LogP) is 2.59. The van der Waals surface area contributed by atoms with Crippen LogP contribution in [0.1, 0.15) is 16.7 Å². The van der Waals surface area contributed by atoms with Gasteiger partial charge < -0.3 is 10.5 Å². The molecule has 104 valence electrons. The third-order valence-electron chi connectivity index (χ3n) is 2.72. The van der Waals surface area contributed by atoms with Crippen molar-refractivity contribution >= 4 is 0 Å². The van der Waals surface area contributed by atoms with E-state index >= 15 is 0 Å². The fourth-order valence-corrected chi connectivity index (χ4v) is 1.74. The highest BCUT2D eigenvalue weighted by Gasteiger charge is 2.05. The van der Waals surface area contributed by atoms with Crippen molar-refractivity contribution in [3.63, 3.8) is 0 Å². The van der Waals surface area contributed by atoms with Crippen LogP contribution in [-0.4, -0.2) is 6.54 Å². The molecule has 0 saturated heterocycles. The smallest absolute Gasteiger partial charge is 0.165 e. The highest BCUT2D eigenvalue weighted by Crippen LogP contribution is 2.20. The molecule has 0 aliphatic heterocycles. The lowest BCUT2D eigenvalue weighted by Gasteiger charge is -2.08. The molecule has 2 aromatic rings. The number of ether oxygens (including phenoxy) is 1. The van der Waals surface area contributed by atoms with Gasteiger partial charge in [0.15, 0.2) is 11.6 Å². The molecule has 2 rings (SSSR count). The van der Waals surface area contributed by atoms with Gasteiger partial charge in [0.05, 0.1) is 18.2 Å². The van der Waals surface area contributed by atoms with Crippen LogP contribution in [0.4, 0.5) is 4.39 Å². The Kier molecular flexibility index (Phi) is 4.93. The molecule has 4 heteroatoms. The summed E-state index contributed by atoms with van der Waals surface area (Å²) in [5, 5.41) is 8.83. The minimum Gasteiger partial charge on any atom is -0.486 e. The third-order valence-corrected chi connectivity index (χ3v) is 2.72. The first-order chi connectivity index (χ1) is 10.2. The van der Waals surface area contributed by atoms with Gasteiger partial charge in [0.2, 0.25) is 0 Å². The SMILES string of the molecule is N#Cc1cccc(COc2cc(C#CCN)ccc2F)c1. The van der Waals surface area contributed by atoms with Crippen LogP contribution in [0.15, 0.2) is 42.5 Å². The van der Waals surface area contributed by atoms with E-state index in [1.807, 2.05) is 12.1 Å². The molecule has 0 saturated carbocycles. The molecule has 0 radical (unpaired) electrons. The second-order valence-electron chi connectivity index (χ2n) is 4.25. The van der Waals surface area contributed by atoms with Crippen molar-refractivity contribution in [3.05, 3.63) is 65.0 Å². The van der Waals surface area contributed by atoms with E-state index in [1.54, 1.807) is 24.3 Å². The van der Waals surface area contributed by atoms with Crippen LogP contribution in [0.5, 0.6) is 5.75 Å². The van der Waals surface area contributed by atoms with Gasteiger partial charge in [0, 0.05) is 5.56 Å². The van der Waals surface area contributed by atoms with Gasteiger partial charge in [-0.05, 0) is 35.9 Å². The van der Waals surface area contributed by atoms with E-state index in [1.165, 1.54) is 12.1 Å². The van der Waals surface area contributed by atoms with Gasteiger partial charge in [-0.3, -0.25) is 0 Å². The number of rotatable bonds is 3. The minimum absolute atomic E-state index is 0.126. The van der Waals surface area contributed by atoms with E-state index in [-0.39, 0.29) is 18.9 Å². The van der Waals surface area contributed by atoms with Crippen molar-refractivity contribution in [3.8, 4) is 23.7 Å². The Balaban J connectivity index is 2.13. The average molecular weight is 280 g/mol. The van der Waals surface area contributed by atoms with Gasteiger partial charge in [-0.2, -0.15) is 5.26 Å². The van der Waals surface area contributed by atoms with Crippen LogP contribution in [0.3, 0.4) is 0 Å². The number of hydrogen-bond donors (Lipinski definition) is 1. The van der Waals surface area contributed by atoms with Gasteiger partial charge in [-0.15, -0.1) is 0 Å². The van der Waals surface area contributed by atoms with E-state index in [0.717, 1.165) is 5.56 Å². The van der Waals surface area contributed by atoms with Crippen molar-refractivity contribution in [2.24, 2.45) is 5.73 Å². The van der Waals surface area contributed by atoms with Crippen LogP contribution in [0.25, 0.3) is 0 Å². The predicted molar refractivity (Wildman–Crippen MR) is 77.8 cm³/mol. The Labute approximate surface area is 122 Å². The zero-order valence-electron chi connectivity index (χ0n) is 11.3. The lowest BCUT2D eigenvalue weighted by molar-refractivity contribution is 0.290. The van der Waals surface area contributed by atoms with Gasteiger partial charge in [0.25, 0.3) is 0 Å². The van der Waals surface area contributed by atoms with E-state index in [9.17, 15) is 4.39 Å². The van der Waals surface area contributed by atoms with Crippen LogP contribution in [0, 0.1) is 29.0 Å².